The Balaban J connectivity index is 0.851. The van der Waals surface area contributed by atoms with Crippen LogP contribution in [0.1, 0.15) is 46.4 Å². The van der Waals surface area contributed by atoms with E-state index in [1.54, 1.807) is 19.2 Å². The molecule has 280 valence electrons. The van der Waals surface area contributed by atoms with Crippen LogP contribution in [0.5, 0.6) is 11.5 Å². The summed E-state index contributed by atoms with van der Waals surface area (Å²) in [5.41, 5.74) is 2.38. The minimum Gasteiger partial charge on any atom is -0.497 e. The van der Waals surface area contributed by atoms with Crippen LogP contribution < -0.4 is 30.1 Å². The van der Waals surface area contributed by atoms with E-state index in [2.05, 4.69) is 32.2 Å². The van der Waals surface area contributed by atoms with E-state index in [4.69, 9.17) is 14.5 Å². The van der Waals surface area contributed by atoms with E-state index in [0.29, 0.717) is 47.2 Å². The van der Waals surface area contributed by atoms with Crippen LogP contribution in [-0.4, -0.2) is 109 Å². The number of carbonyl (C=O) groups is 4. The molecule has 1 aromatic heterocycles. The molecule has 0 aliphatic carbocycles. The molecule has 54 heavy (non-hydrogen) atoms. The fourth-order valence-corrected chi connectivity index (χ4v) is 8.09. The Labute approximate surface area is 309 Å². The first-order chi connectivity index (χ1) is 26.1. The number of aromatic nitrogens is 2. The highest BCUT2D eigenvalue weighted by atomic mass is 19.1. The highest BCUT2D eigenvalue weighted by Gasteiger charge is 2.45. The smallest absolute Gasteiger partial charge is 0.262 e. The maximum Gasteiger partial charge on any atom is 0.262 e. The van der Waals surface area contributed by atoms with E-state index in [-0.39, 0.29) is 35.2 Å². The second-order valence-electron chi connectivity index (χ2n) is 14.2. The highest BCUT2D eigenvalue weighted by Crippen LogP contribution is 2.34. The lowest BCUT2D eigenvalue weighted by Crippen LogP contribution is -2.54. The van der Waals surface area contributed by atoms with Crippen molar-refractivity contribution in [1.82, 2.24) is 25.1 Å². The first-order valence-electron chi connectivity index (χ1n) is 18.2. The number of H-pyrrole nitrogens is 1. The summed E-state index contributed by atoms with van der Waals surface area (Å²) in [5, 5.41) is 2.55. The van der Waals surface area contributed by atoms with Gasteiger partial charge in [0.05, 0.1) is 36.6 Å². The van der Waals surface area contributed by atoms with Crippen LogP contribution >= 0.6 is 0 Å². The zero-order chi connectivity index (χ0) is 37.7. The molecular weight excluding hydrogens is 697 g/mol. The number of carbonyl (C=O) groups excluding carboxylic acids is 4. The van der Waals surface area contributed by atoms with Gasteiger partial charge in [-0.05, 0) is 61.6 Å². The molecule has 15 heteroatoms. The second kappa shape index (κ2) is 14.2. The van der Waals surface area contributed by atoms with Gasteiger partial charge in [0.15, 0.2) is 0 Å². The predicted molar refractivity (Wildman–Crippen MR) is 198 cm³/mol. The largest absolute Gasteiger partial charge is 0.497 e. The summed E-state index contributed by atoms with van der Waals surface area (Å²) < 4.78 is 26.2. The van der Waals surface area contributed by atoms with Crippen LogP contribution in [0.15, 0.2) is 53.3 Å². The Kier molecular flexibility index (Phi) is 9.26. The molecule has 0 bridgehead atoms. The lowest BCUT2D eigenvalue weighted by Gasteiger charge is -2.40. The van der Waals surface area contributed by atoms with Crippen LogP contribution in [0.3, 0.4) is 0 Å². The van der Waals surface area contributed by atoms with Crippen molar-refractivity contribution in [2.45, 2.75) is 31.7 Å². The lowest BCUT2D eigenvalue weighted by molar-refractivity contribution is -0.136. The van der Waals surface area contributed by atoms with Crippen LogP contribution in [-0.2, 0) is 9.59 Å². The van der Waals surface area contributed by atoms with Crippen LogP contribution in [0, 0.1) is 11.7 Å². The van der Waals surface area contributed by atoms with Gasteiger partial charge in [-0.3, -0.25) is 39.1 Å². The van der Waals surface area contributed by atoms with Crippen molar-refractivity contribution < 1.29 is 33.0 Å². The Morgan fingerprint density at radius 1 is 0.815 bits per heavy atom. The van der Waals surface area contributed by atoms with Gasteiger partial charge in [0.1, 0.15) is 34.6 Å². The summed E-state index contributed by atoms with van der Waals surface area (Å²) >= 11 is 0. The van der Waals surface area contributed by atoms with Gasteiger partial charge in [-0.2, -0.15) is 0 Å². The van der Waals surface area contributed by atoms with Crippen molar-refractivity contribution in [1.29, 1.82) is 0 Å². The van der Waals surface area contributed by atoms with Crippen molar-refractivity contribution in [3.63, 3.8) is 0 Å². The first kappa shape index (κ1) is 35.2. The Morgan fingerprint density at radius 3 is 2.19 bits per heavy atom. The third kappa shape index (κ3) is 6.42. The molecule has 4 aliphatic rings. The number of halogens is 1. The number of nitrogens with one attached hydrogen (secondary N) is 2. The highest BCUT2D eigenvalue weighted by molar-refractivity contribution is 6.23. The van der Waals surface area contributed by atoms with E-state index < -0.39 is 35.5 Å². The maximum atomic E-state index is 15.4. The number of nitrogens with zero attached hydrogens (tertiary/aromatic N) is 5. The average molecular weight is 738 g/mol. The molecule has 3 fully saturated rings. The van der Waals surface area contributed by atoms with E-state index >= 15 is 4.39 Å². The van der Waals surface area contributed by atoms with Gasteiger partial charge in [0, 0.05) is 75.6 Å². The number of benzene rings is 3. The van der Waals surface area contributed by atoms with Gasteiger partial charge < -0.3 is 24.3 Å². The number of imide groups is 2. The SMILES string of the molecule is COc1cc(OC)c2c(=O)[nH]c(-c3ccc(N4CCC(CN5CCN(c6cc7c(cc6F)C(=O)N(C6CCC(=O)NC6=O)C7=O)CC5)CC4)cc3)nc2c1. The number of anilines is 2. The fourth-order valence-electron chi connectivity index (χ4n) is 8.09. The number of aromatic amines is 1. The van der Waals surface area contributed by atoms with Crippen molar-refractivity contribution in [2.75, 3.05) is 69.8 Å². The second-order valence-corrected chi connectivity index (χ2v) is 14.2. The van der Waals surface area contributed by atoms with Crippen LogP contribution in [0.25, 0.3) is 22.3 Å². The van der Waals surface area contributed by atoms with Crippen molar-refractivity contribution >= 4 is 45.9 Å². The first-order valence-corrected chi connectivity index (χ1v) is 18.2. The zero-order valence-corrected chi connectivity index (χ0v) is 30.0. The number of piperidine rings is 2. The molecule has 1 unspecified atom stereocenters. The van der Waals surface area contributed by atoms with Gasteiger partial charge >= 0.3 is 0 Å². The van der Waals surface area contributed by atoms with Gasteiger partial charge in [-0.25, -0.2) is 9.37 Å². The molecule has 5 heterocycles. The lowest BCUT2D eigenvalue weighted by atomic mass is 9.95. The van der Waals surface area contributed by atoms with Crippen molar-refractivity contribution in [3.05, 3.63) is 75.8 Å². The molecular formula is C39H40FN7O7. The molecule has 4 amide bonds. The predicted octanol–water partition coefficient (Wildman–Crippen LogP) is 3.19. The maximum absolute atomic E-state index is 15.4. The summed E-state index contributed by atoms with van der Waals surface area (Å²) in [5.74, 6) is -1.16. The van der Waals surface area contributed by atoms with Gasteiger partial charge in [-0.15, -0.1) is 0 Å². The molecule has 0 spiro atoms. The summed E-state index contributed by atoms with van der Waals surface area (Å²) in [6.07, 6.45) is 2.13. The minimum absolute atomic E-state index is 0.0188. The van der Waals surface area contributed by atoms with Crippen molar-refractivity contribution in [3.8, 4) is 22.9 Å². The van der Waals surface area contributed by atoms with E-state index in [1.807, 2.05) is 17.0 Å². The summed E-state index contributed by atoms with van der Waals surface area (Å²) in [6, 6.07) is 12.9. The zero-order valence-electron chi connectivity index (χ0n) is 30.0. The fraction of sp³-hybridized carbons (Fsp3) is 0.385. The molecule has 4 aliphatic heterocycles. The molecule has 0 radical (unpaired) electrons. The van der Waals surface area contributed by atoms with E-state index in [1.165, 1.54) is 13.2 Å². The number of fused-ring (bicyclic) bond motifs is 2. The number of hydrogen-bond acceptors (Lipinski definition) is 11. The Bertz CT molecular complexity index is 2230. The molecule has 8 rings (SSSR count). The topological polar surface area (TPSA) is 157 Å². The standard InChI is InChI=1S/C39H40FN7O7/c1-53-25-17-29-34(32(18-25)54-2)37(50)43-35(41-29)23-3-5-24(6-4-23)45-11-9-22(10-12-45)21-44-13-15-46(16-14-44)31-20-27-26(19-28(31)40)38(51)47(39(27)52)30-7-8-33(48)42-36(30)49/h3-6,17-20,22,30H,7-16,21H2,1-2H3,(H,41,43,50)(H,42,48,49). The molecule has 3 saturated heterocycles. The van der Waals surface area contributed by atoms with Crippen LogP contribution in [0.4, 0.5) is 15.8 Å². The number of amides is 4. The normalized spacial score (nSPS) is 19.8. The third-order valence-corrected chi connectivity index (χ3v) is 11.1. The Hall–Kier alpha value is -5.83. The number of methoxy groups -OCH3 is 2. The molecule has 2 N–H and O–H groups in total. The van der Waals surface area contributed by atoms with E-state index in [0.717, 1.165) is 67.8 Å². The Morgan fingerprint density at radius 2 is 1.52 bits per heavy atom. The molecule has 0 saturated carbocycles. The molecule has 3 aromatic carbocycles. The number of rotatable bonds is 8. The summed E-state index contributed by atoms with van der Waals surface area (Å²) in [7, 11) is 3.06. The van der Waals surface area contributed by atoms with Gasteiger partial charge in [0.2, 0.25) is 11.8 Å². The minimum atomic E-state index is -1.10. The summed E-state index contributed by atoms with van der Waals surface area (Å²) in [6.45, 7) is 5.37. The molecule has 1 atom stereocenters. The molecule has 4 aromatic rings. The average Bonchev–Trinajstić information content (AvgIpc) is 3.41. The van der Waals surface area contributed by atoms with Crippen molar-refractivity contribution in [2.24, 2.45) is 5.92 Å². The molecule has 14 nitrogen and oxygen atoms in total. The number of ether oxygens (including phenoxy) is 2. The third-order valence-electron chi connectivity index (χ3n) is 11.1. The number of piperazine rings is 1. The van der Waals surface area contributed by atoms with E-state index in [9.17, 15) is 24.0 Å². The van der Waals surface area contributed by atoms with Gasteiger partial charge in [-0.1, -0.05) is 0 Å². The summed E-state index contributed by atoms with van der Waals surface area (Å²) in [4.78, 5) is 78.5. The number of hydrogen-bond donors (Lipinski definition) is 2. The monoisotopic (exact) mass is 737 g/mol. The van der Waals surface area contributed by atoms with Gasteiger partial charge in [0.25, 0.3) is 17.4 Å². The quantitative estimate of drug-likeness (QED) is 0.256. The van der Waals surface area contributed by atoms with Crippen LogP contribution in [0.2, 0.25) is 0 Å².